The Labute approximate surface area is 382 Å². The average Bonchev–Trinajstić information content (AvgIpc) is 3.27. The van der Waals surface area contributed by atoms with Crippen LogP contribution in [-0.2, 0) is 28.6 Å². The lowest BCUT2D eigenvalue weighted by Crippen LogP contribution is -2.30. The molecule has 0 aliphatic rings. The van der Waals surface area contributed by atoms with E-state index in [1.165, 1.54) is 122 Å². The summed E-state index contributed by atoms with van der Waals surface area (Å²) in [6.45, 7) is 6.40. The first-order valence-corrected chi connectivity index (χ1v) is 25.7. The highest BCUT2D eigenvalue weighted by atomic mass is 16.6. The molecule has 0 aromatic rings. The summed E-state index contributed by atoms with van der Waals surface area (Å²) in [7, 11) is 0. The standard InChI is InChI=1S/C56H94O6/c1-4-7-10-13-16-19-22-25-27-28-29-32-34-37-40-43-46-49-55(58)61-52-53(51-60-54(57)48-45-42-39-36-33-30-24-21-18-15-12-9-6-3)62-56(59)50-47-44-41-38-35-31-26-23-20-17-14-11-8-5-2/h9,12,15-16,18-19,21,24-25,27,30,33,36,39,53H,4-8,10-11,13-14,17,20,22-23,26,28-29,31-32,34-35,37-38,40-52H2,1-3H3/b12-9-,18-15-,19-16-,24-21-,27-25-,33-30-,39-36-. The molecule has 0 saturated heterocycles. The Hall–Kier alpha value is -3.41. The van der Waals surface area contributed by atoms with Crippen molar-refractivity contribution in [2.75, 3.05) is 13.2 Å². The van der Waals surface area contributed by atoms with Crippen molar-refractivity contribution >= 4 is 17.9 Å². The molecule has 6 nitrogen and oxygen atoms in total. The first kappa shape index (κ1) is 58.6. The molecule has 1 unspecified atom stereocenters. The van der Waals surface area contributed by atoms with Gasteiger partial charge in [-0.05, 0) is 64.2 Å². The number of esters is 3. The average molecular weight is 863 g/mol. The van der Waals surface area contributed by atoms with Crippen molar-refractivity contribution in [3.05, 3.63) is 85.1 Å². The third-order valence-corrected chi connectivity index (χ3v) is 10.8. The first-order valence-electron chi connectivity index (χ1n) is 25.7. The molecule has 0 saturated carbocycles. The second-order valence-corrected chi connectivity index (χ2v) is 16.8. The molecule has 0 fully saturated rings. The van der Waals surface area contributed by atoms with Crippen molar-refractivity contribution in [1.82, 2.24) is 0 Å². The maximum atomic E-state index is 12.8. The second-order valence-electron chi connectivity index (χ2n) is 16.8. The lowest BCUT2D eigenvalue weighted by atomic mass is 10.0. The van der Waals surface area contributed by atoms with E-state index in [9.17, 15) is 14.4 Å². The summed E-state index contributed by atoms with van der Waals surface area (Å²) in [5.41, 5.74) is 0. The van der Waals surface area contributed by atoms with Crippen LogP contribution in [0.4, 0.5) is 0 Å². The Morgan fingerprint density at radius 3 is 1.19 bits per heavy atom. The van der Waals surface area contributed by atoms with E-state index in [-0.39, 0.29) is 37.5 Å². The van der Waals surface area contributed by atoms with E-state index >= 15 is 0 Å². The molecule has 0 spiro atoms. The summed E-state index contributed by atoms with van der Waals surface area (Å²) in [6.07, 6.45) is 64.3. The second kappa shape index (κ2) is 50.2. The van der Waals surface area contributed by atoms with Gasteiger partial charge in [-0.1, -0.05) is 234 Å². The molecule has 354 valence electrons. The van der Waals surface area contributed by atoms with Crippen molar-refractivity contribution in [1.29, 1.82) is 0 Å². The van der Waals surface area contributed by atoms with Gasteiger partial charge in [0.25, 0.3) is 0 Å². The fourth-order valence-corrected chi connectivity index (χ4v) is 6.91. The molecule has 62 heavy (non-hydrogen) atoms. The van der Waals surface area contributed by atoms with Crippen LogP contribution in [0.5, 0.6) is 0 Å². The molecule has 0 amide bonds. The molecule has 0 aliphatic carbocycles. The number of hydrogen-bond donors (Lipinski definition) is 0. The summed E-state index contributed by atoms with van der Waals surface area (Å²) in [4.78, 5) is 37.9. The maximum absolute atomic E-state index is 12.8. The lowest BCUT2D eigenvalue weighted by molar-refractivity contribution is -0.167. The van der Waals surface area contributed by atoms with Gasteiger partial charge in [0.15, 0.2) is 6.10 Å². The predicted octanol–water partition coefficient (Wildman–Crippen LogP) is 16.8. The van der Waals surface area contributed by atoms with Crippen LogP contribution in [0.1, 0.15) is 233 Å². The Kier molecular flexibility index (Phi) is 47.5. The van der Waals surface area contributed by atoms with Gasteiger partial charge >= 0.3 is 17.9 Å². The van der Waals surface area contributed by atoms with Crippen LogP contribution in [0.2, 0.25) is 0 Å². The molecule has 0 radical (unpaired) electrons. The first-order chi connectivity index (χ1) is 30.5. The minimum atomic E-state index is -0.806. The normalized spacial score (nSPS) is 12.8. The van der Waals surface area contributed by atoms with Crippen LogP contribution in [0.25, 0.3) is 0 Å². The fraction of sp³-hybridized carbons (Fsp3) is 0.696. The van der Waals surface area contributed by atoms with E-state index in [0.29, 0.717) is 19.3 Å². The molecular formula is C56H94O6. The number of rotatable bonds is 45. The quantitative estimate of drug-likeness (QED) is 0.0199. The van der Waals surface area contributed by atoms with Gasteiger partial charge in [0.2, 0.25) is 0 Å². The number of carbonyl (C=O) groups excluding carboxylic acids is 3. The highest BCUT2D eigenvalue weighted by Gasteiger charge is 2.19. The molecule has 1 atom stereocenters. The number of carbonyl (C=O) groups is 3. The maximum Gasteiger partial charge on any atom is 0.306 e. The van der Waals surface area contributed by atoms with Crippen molar-refractivity contribution in [3.63, 3.8) is 0 Å². The van der Waals surface area contributed by atoms with E-state index in [2.05, 4.69) is 51.2 Å². The summed E-state index contributed by atoms with van der Waals surface area (Å²) < 4.78 is 16.7. The number of allylic oxidation sites excluding steroid dienone is 14. The summed E-state index contributed by atoms with van der Waals surface area (Å²) in [5, 5.41) is 0. The van der Waals surface area contributed by atoms with Crippen molar-refractivity contribution in [2.24, 2.45) is 0 Å². The highest BCUT2D eigenvalue weighted by Crippen LogP contribution is 2.15. The van der Waals surface area contributed by atoms with E-state index in [1.807, 2.05) is 54.7 Å². The minimum absolute atomic E-state index is 0.102. The zero-order valence-corrected chi connectivity index (χ0v) is 40.4. The van der Waals surface area contributed by atoms with Gasteiger partial charge in [-0.2, -0.15) is 0 Å². The van der Waals surface area contributed by atoms with Crippen LogP contribution < -0.4 is 0 Å². The number of ether oxygens (including phenoxy) is 3. The summed E-state index contributed by atoms with van der Waals surface area (Å²) in [5.74, 6) is -0.985. The molecule has 0 N–H and O–H groups in total. The molecule has 6 heteroatoms. The smallest absolute Gasteiger partial charge is 0.306 e. The van der Waals surface area contributed by atoms with Crippen LogP contribution in [-0.4, -0.2) is 37.2 Å². The molecule has 0 aromatic heterocycles. The van der Waals surface area contributed by atoms with Gasteiger partial charge in [0.05, 0.1) is 0 Å². The molecule has 0 aliphatic heterocycles. The zero-order valence-electron chi connectivity index (χ0n) is 40.4. The number of hydrogen-bond acceptors (Lipinski definition) is 6. The molecule has 0 heterocycles. The van der Waals surface area contributed by atoms with Gasteiger partial charge in [0.1, 0.15) is 13.2 Å². The van der Waals surface area contributed by atoms with Gasteiger partial charge in [-0.3, -0.25) is 14.4 Å². The fourth-order valence-electron chi connectivity index (χ4n) is 6.91. The third kappa shape index (κ3) is 47.6. The van der Waals surface area contributed by atoms with Gasteiger partial charge in [-0.25, -0.2) is 0 Å². The van der Waals surface area contributed by atoms with E-state index < -0.39 is 6.10 Å². The van der Waals surface area contributed by atoms with Crippen molar-refractivity contribution in [2.45, 2.75) is 239 Å². The van der Waals surface area contributed by atoms with Crippen LogP contribution in [0.15, 0.2) is 85.1 Å². The predicted molar refractivity (Wildman–Crippen MR) is 265 cm³/mol. The molecule has 0 rings (SSSR count). The van der Waals surface area contributed by atoms with Gasteiger partial charge < -0.3 is 14.2 Å². The van der Waals surface area contributed by atoms with E-state index in [0.717, 1.165) is 64.2 Å². The summed E-state index contributed by atoms with van der Waals surface area (Å²) >= 11 is 0. The summed E-state index contributed by atoms with van der Waals surface area (Å²) in [6, 6.07) is 0. The van der Waals surface area contributed by atoms with Crippen LogP contribution in [0, 0.1) is 0 Å². The SMILES string of the molecule is CC\C=C/C=C\C=C/C=C\C=C/CCCC(=O)OCC(COC(=O)CCCCCCCCC/C=C\C/C=C\CCCCC)OC(=O)CCCCCCCCCCCCCCCC. The molecular weight excluding hydrogens is 769 g/mol. The number of unbranched alkanes of at least 4 members (excludes halogenated alkanes) is 24. The Morgan fingerprint density at radius 2 is 0.710 bits per heavy atom. The lowest BCUT2D eigenvalue weighted by Gasteiger charge is -2.18. The van der Waals surface area contributed by atoms with Crippen molar-refractivity contribution in [3.8, 4) is 0 Å². The Balaban J connectivity index is 4.47. The van der Waals surface area contributed by atoms with Crippen molar-refractivity contribution < 1.29 is 28.6 Å². The third-order valence-electron chi connectivity index (χ3n) is 10.8. The van der Waals surface area contributed by atoms with Gasteiger partial charge in [0, 0.05) is 19.3 Å². The van der Waals surface area contributed by atoms with E-state index in [1.54, 1.807) is 0 Å². The topological polar surface area (TPSA) is 78.9 Å². The van der Waals surface area contributed by atoms with Crippen LogP contribution in [0.3, 0.4) is 0 Å². The monoisotopic (exact) mass is 863 g/mol. The Morgan fingerprint density at radius 1 is 0.355 bits per heavy atom. The van der Waals surface area contributed by atoms with E-state index in [4.69, 9.17) is 14.2 Å². The molecule has 0 bridgehead atoms. The highest BCUT2D eigenvalue weighted by molar-refractivity contribution is 5.71. The van der Waals surface area contributed by atoms with Gasteiger partial charge in [-0.15, -0.1) is 0 Å². The van der Waals surface area contributed by atoms with Crippen LogP contribution >= 0.6 is 0 Å². The largest absolute Gasteiger partial charge is 0.462 e. The Bertz CT molecular complexity index is 1220. The zero-order chi connectivity index (χ0) is 45.1. The minimum Gasteiger partial charge on any atom is -0.462 e. The molecule has 0 aromatic carbocycles.